The molecule has 0 unspecified atom stereocenters. The van der Waals surface area contributed by atoms with Crippen LogP contribution in [0.5, 0.6) is 5.75 Å². The molecule has 0 spiro atoms. The second-order valence-corrected chi connectivity index (χ2v) is 9.35. The summed E-state index contributed by atoms with van der Waals surface area (Å²) in [5.41, 5.74) is 0.824. The smallest absolute Gasteiger partial charge is 0.313 e. The van der Waals surface area contributed by atoms with Crippen LogP contribution in [-0.4, -0.2) is 38.7 Å². The number of esters is 1. The molecule has 0 amide bonds. The van der Waals surface area contributed by atoms with Gasteiger partial charge in [-0.3, -0.25) is 4.79 Å². The van der Waals surface area contributed by atoms with Crippen LogP contribution < -0.4 is 4.74 Å². The van der Waals surface area contributed by atoms with Gasteiger partial charge in [0.1, 0.15) is 5.75 Å². The van der Waals surface area contributed by atoms with Crippen molar-refractivity contribution in [1.29, 1.82) is 0 Å². The lowest BCUT2D eigenvalue weighted by Gasteiger charge is -2.18. The molecule has 0 saturated carbocycles. The molecule has 22 heavy (non-hydrogen) atoms. The zero-order chi connectivity index (χ0) is 16.6. The molecule has 1 aromatic carbocycles. The van der Waals surface area contributed by atoms with Crippen LogP contribution >= 0.6 is 7.14 Å². The molecule has 0 radical (unpaired) electrons. The Balaban J connectivity index is 2.85. The van der Waals surface area contributed by atoms with E-state index < -0.39 is 13.1 Å². The molecule has 1 atom stereocenters. The van der Waals surface area contributed by atoms with Crippen molar-refractivity contribution in [3.8, 4) is 5.75 Å². The fraction of sp³-hybridized carbons (Fsp3) is 0.588. The monoisotopic (exact) mass is 326 g/mol. The van der Waals surface area contributed by atoms with Crippen LogP contribution in [0.2, 0.25) is 0 Å². The van der Waals surface area contributed by atoms with Gasteiger partial charge < -0.3 is 14.0 Å². The highest BCUT2D eigenvalue weighted by atomic mass is 31.2. The van der Waals surface area contributed by atoms with Gasteiger partial charge in [-0.1, -0.05) is 25.5 Å². The van der Waals surface area contributed by atoms with Crippen LogP contribution in [0.3, 0.4) is 0 Å². The zero-order valence-corrected chi connectivity index (χ0v) is 14.9. The van der Waals surface area contributed by atoms with Gasteiger partial charge in [0, 0.05) is 6.16 Å². The minimum Gasteiger partial charge on any atom is -0.494 e. The van der Waals surface area contributed by atoms with Crippen molar-refractivity contribution < 1.29 is 18.8 Å². The van der Waals surface area contributed by atoms with Gasteiger partial charge in [0.2, 0.25) is 0 Å². The molecular weight excluding hydrogens is 299 g/mol. The Bertz CT molecular complexity index is 504. The first-order valence-corrected chi connectivity index (χ1v) is 10.6. The first-order valence-electron chi connectivity index (χ1n) is 7.80. The summed E-state index contributed by atoms with van der Waals surface area (Å²) < 4.78 is 22.9. The van der Waals surface area contributed by atoms with E-state index in [1.165, 1.54) is 0 Å². The fourth-order valence-corrected chi connectivity index (χ4v) is 3.37. The SMILES string of the molecule is CCCCOc1ccc([C@@H](CP(C)(C)=O)C(=O)OCC)cc1. The van der Waals surface area contributed by atoms with Crippen LogP contribution in [0.25, 0.3) is 0 Å². The number of hydrogen-bond acceptors (Lipinski definition) is 4. The van der Waals surface area contributed by atoms with Crippen LogP contribution in [0.15, 0.2) is 24.3 Å². The molecular formula is C17H27O4P. The van der Waals surface area contributed by atoms with Crippen molar-refractivity contribution in [2.24, 2.45) is 0 Å². The second kappa shape index (κ2) is 8.99. The van der Waals surface area contributed by atoms with Gasteiger partial charge in [-0.2, -0.15) is 0 Å². The van der Waals surface area contributed by atoms with E-state index in [0.717, 1.165) is 24.2 Å². The number of ether oxygens (including phenoxy) is 2. The maximum Gasteiger partial charge on any atom is 0.313 e. The third-order valence-electron chi connectivity index (χ3n) is 3.24. The van der Waals surface area contributed by atoms with Crippen molar-refractivity contribution in [3.05, 3.63) is 29.8 Å². The van der Waals surface area contributed by atoms with E-state index in [1.807, 2.05) is 24.3 Å². The summed E-state index contributed by atoms with van der Waals surface area (Å²) >= 11 is 0. The quantitative estimate of drug-likeness (QED) is 0.389. The Morgan fingerprint density at radius 3 is 2.32 bits per heavy atom. The average molecular weight is 326 g/mol. The molecule has 4 nitrogen and oxygen atoms in total. The Labute approximate surface area is 133 Å². The van der Waals surface area contributed by atoms with Crippen LogP contribution in [0, 0.1) is 0 Å². The van der Waals surface area contributed by atoms with E-state index in [-0.39, 0.29) is 5.97 Å². The summed E-state index contributed by atoms with van der Waals surface area (Å²) in [6, 6.07) is 7.43. The first-order chi connectivity index (χ1) is 10.4. The minimum absolute atomic E-state index is 0.314. The van der Waals surface area contributed by atoms with Crippen molar-refractivity contribution in [2.75, 3.05) is 32.7 Å². The minimum atomic E-state index is -2.33. The summed E-state index contributed by atoms with van der Waals surface area (Å²) in [6.45, 7) is 8.30. The standard InChI is InChI=1S/C17H27O4P/c1-5-7-12-21-15-10-8-14(9-11-15)16(13-22(3,4)19)17(18)20-6-2/h8-11,16H,5-7,12-13H2,1-4H3/t16-/m1/s1. The van der Waals surface area contributed by atoms with E-state index >= 15 is 0 Å². The lowest BCUT2D eigenvalue weighted by molar-refractivity contribution is -0.144. The Morgan fingerprint density at radius 2 is 1.82 bits per heavy atom. The van der Waals surface area contributed by atoms with Crippen molar-refractivity contribution in [2.45, 2.75) is 32.6 Å². The van der Waals surface area contributed by atoms with Gasteiger partial charge in [0.15, 0.2) is 0 Å². The molecule has 0 N–H and O–H groups in total. The summed E-state index contributed by atoms with van der Waals surface area (Å²) in [5, 5.41) is 0. The van der Waals surface area contributed by atoms with Gasteiger partial charge in [-0.25, -0.2) is 0 Å². The molecule has 0 aliphatic rings. The predicted octanol–water partition coefficient (Wildman–Crippen LogP) is 4.13. The van der Waals surface area contributed by atoms with Gasteiger partial charge in [-0.15, -0.1) is 0 Å². The second-order valence-electron chi connectivity index (χ2n) is 5.83. The summed E-state index contributed by atoms with van der Waals surface area (Å²) in [7, 11) is -2.33. The molecule has 124 valence electrons. The number of carbonyl (C=O) groups is 1. The number of benzene rings is 1. The molecule has 1 aromatic rings. The molecule has 0 aliphatic carbocycles. The third-order valence-corrected chi connectivity index (χ3v) is 4.49. The molecule has 0 heterocycles. The van der Waals surface area contributed by atoms with Gasteiger partial charge in [0.05, 0.1) is 26.3 Å². The number of carbonyl (C=O) groups excluding carboxylic acids is 1. The third kappa shape index (κ3) is 6.65. The van der Waals surface area contributed by atoms with Gasteiger partial charge in [-0.05, 0) is 44.4 Å². The highest BCUT2D eigenvalue weighted by Gasteiger charge is 2.27. The van der Waals surface area contributed by atoms with E-state index in [4.69, 9.17) is 9.47 Å². The molecule has 0 aromatic heterocycles. The first kappa shape index (κ1) is 18.8. The molecule has 0 aliphatic heterocycles. The van der Waals surface area contributed by atoms with E-state index in [9.17, 15) is 9.36 Å². The summed E-state index contributed by atoms with van der Waals surface area (Å²) in [6.07, 6.45) is 2.43. The van der Waals surface area contributed by atoms with Gasteiger partial charge >= 0.3 is 5.97 Å². The summed E-state index contributed by atoms with van der Waals surface area (Å²) in [5.74, 6) is -0.00691. The highest BCUT2D eigenvalue weighted by Crippen LogP contribution is 2.41. The fourth-order valence-electron chi connectivity index (χ4n) is 2.13. The maximum atomic E-state index is 12.1. The van der Waals surface area contributed by atoms with Gasteiger partial charge in [0.25, 0.3) is 0 Å². The summed E-state index contributed by atoms with van der Waals surface area (Å²) in [4.78, 5) is 12.1. The largest absolute Gasteiger partial charge is 0.494 e. The zero-order valence-electron chi connectivity index (χ0n) is 14.0. The Morgan fingerprint density at radius 1 is 1.18 bits per heavy atom. The molecule has 0 bridgehead atoms. The lowest BCUT2D eigenvalue weighted by atomic mass is 10.0. The topological polar surface area (TPSA) is 52.6 Å². The number of unbranched alkanes of at least 4 members (excludes halogenated alkanes) is 1. The van der Waals surface area contributed by atoms with Crippen LogP contribution in [0.4, 0.5) is 0 Å². The van der Waals surface area contributed by atoms with Crippen LogP contribution in [-0.2, 0) is 14.1 Å². The van der Waals surface area contributed by atoms with E-state index in [0.29, 0.717) is 19.4 Å². The molecule has 5 heteroatoms. The Hall–Kier alpha value is -1.28. The van der Waals surface area contributed by atoms with Crippen molar-refractivity contribution >= 4 is 13.1 Å². The predicted molar refractivity (Wildman–Crippen MR) is 90.5 cm³/mol. The van der Waals surface area contributed by atoms with Crippen molar-refractivity contribution in [1.82, 2.24) is 0 Å². The number of hydrogen-bond donors (Lipinski definition) is 0. The van der Waals surface area contributed by atoms with E-state index in [2.05, 4.69) is 6.92 Å². The lowest BCUT2D eigenvalue weighted by Crippen LogP contribution is -2.19. The van der Waals surface area contributed by atoms with Crippen molar-refractivity contribution in [3.63, 3.8) is 0 Å². The molecule has 0 fully saturated rings. The normalized spacial score (nSPS) is 12.7. The van der Waals surface area contributed by atoms with Crippen LogP contribution in [0.1, 0.15) is 38.2 Å². The average Bonchev–Trinajstić information content (AvgIpc) is 2.45. The van der Waals surface area contributed by atoms with E-state index in [1.54, 1.807) is 20.3 Å². The molecule has 1 rings (SSSR count). The highest BCUT2D eigenvalue weighted by molar-refractivity contribution is 7.62. The Kier molecular flexibility index (Phi) is 7.67. The molecule has 0 saturated heterocycles. The maximum absolute atomic E-state index is 12.1. The number of rotatable bonds is 9.